The molecule has 112 valence electrons. The summed E-state index contributed by atoms with van der Waals surface area (Å²) < 4.78 is 10.6. The fourth-order valence-corrected chi connectivity index (χ4v) is 2.73. The first-order chi connectivity index (χ1) is 9.65. The van der Waals surface area contributed by atoms with E-state index in [2.05, 4.69) is 24.0 Å². The zero-order chi connectivity index (χ0) is 14.4. The van der Waals surface area contributed by atoms with Gasteiger partial charge in [-0.15, -0.1) is 0 Å². The first-order valence-corrected chi connectivity index (χ1v) is 7.28. The fraction of sp³-hybridized carbons (Fsp3) is 0.625. The van der Waals surface area contributed by atoms with Crippen molar-refractivity contribution in [3.05, 3.63) is 29.8 Å². The molecule has 4 heteroatoms. The molecule has 0 spiro atoms. The number of rotatable bonds is 6. The molecule has 1 aliphatic rings. The first kappa shape index (κ1) is 15.3. The van der Waals surface area contributed by atoms with Crippen molar-refractivity contribution < 1.29 is 9.47 Å². The van der Waals surface area contributed by atoms with E-state index < -0.39 is 0 Å². The summed E-state index contributed by atoms with van der Waals surface area (Å²) in [4.78, 5) is 2.46. The van der Waals surface area contributed by atoms with Gasteiger partial charge < -0.3 is 15.2 Å². The molecular weight excluding hydrogens is 252 g/mol. The standard InChI is InChI=1S/C16H26N2O2/c1-16(12-17,13-18-7-9-20-10-8-18)11-14-3-5-15(19-2)6-4-14/h3-6H,7-13,17H2,1-2H3. The van der Waals surface area contributed by atoms with Gasteiger partial charge in [-0.2, -0.15) is 0 Å². The quantitative estimate of drug-likeness (QED) is 0.857. The van der Waals surface area contributed by atoms with Crippen LogP contribution in [0.3, 0.4) is 0 Å². The Hall–Kier alpha value is -1.10. The third-order valence-corrected chi connectivity index (χ3v) is 3.99. The summed E-state index contributed by atoms with van der Waals surface area (Å²) in [5, 5.41) is 0. The molecule has 1 aliphatic heterocycles. The molecule has 1 saturated heterocycles. The van der Waals surface area contributed by atoms with Crippen LogP contribution in [0.15, 0.2) is 24.3 Å². The number of nitrogens with zero attached hydrogens (tertiary/aromatic N) is 1. The highest BCUT2D eigenvalue weighted by atomic mass is 16.5. The number of morpholine rings is 1. The molecule has 1 aromatic rings. The molecule has 0 radical (unpaired) electrons. The molecular formula is C16H26N2O2. The number of ether oxygens (including phenoxy) is 2. The topological polar surface area (TPSA) is 47.7 Å². The lowest BCUT2D eigenvalue weighted by Crippen LogP contribution is -2.46. The van der Waals surface area contributed by atoms with Gasteiger partial charge in [0.2, 0.25) is 0 Å². The number of nitrogens with two attached hydrogens (primary N) is 1. The third-order valence-electron chi connectivity index (χ3n) is 3.99. The average Bonchev–Trinajstić information content (AvgIpc) is 2.49. The summed E-state index contributed by atoms with van der Waals surface area (Å²) in [7, 11) is 1.69. The Balaban J connectivity index is 1.97. The summed E-state index contributed by atoms with van der Waals surface area (Å²) in [5.74, 6) is 0.899. The Kier molecular flexibility index (Phi) is 5.40. The molecule has 0 aromatic heterocycles. The Morgan fingerprint density at radius 3 is 2.45 bits per heavy atom. The van der Waals surface area contributed by atoms with Crippen molar-refractivity contribution in [1.82, 2.24) is 4.90 Å². The van der Waals surface area contributed by atoms with Gasteiger partial charge in [-0.05, 0) is 36.1 Å². The second kappa shape index (κ2) is 7.07. The van der Waals surface area contributed by atoms with Gasteiger partial charge in [-0.1, -0.05) is 19.1 Å². The van der Waals surface area contributed by atoms with Crippen LogP contribution in [-0.4, -0.2) is 51.4 Å². The monoisotopic (exact) mass is 278 g/mol. The van der Waals surface area contributed by atoms with Crippen LogP contribution >= 0.6 is 0 Å². The normalized spacial score (nSPS) is 19.6. The summed E-state index contributed by atoms with van der Waals surface area (Å²) >= 11 is 0. The van der Waals surface area contributed by atoms with Crippen LogP contribution < -0.4 is 10.5 Å². The van der Waals surface area contributed by atoms with E-state index in [1.807, 2.05) is 12.1 Å². The largest absolute Gasteiger partial charge is 0.497 e. The molecule has 0 bridgehead atoms. The van der Waals surface area contributed by atoms with Crippen molar-refractivity contribution >= 4 is 0 Å². The SMILES string of the molecule is COc1ccc(CC(C)(CN)CN2CCOCC2)cc1. The molecule has 1 atom stereocenters. The van der Waals surface area contributed by atoms with Crippen molar-refractivity contribution in [1.29, 1.82) is 0 Å². The van der Waals surface area contributed by atoms with Crippen LogP contribution in [0.1, 0.15) is 12.5 Å². The van der Waals surface area contributed by atoms with E-state index in [-0.39, 0.29) is 5.41 Å². The number of methoxy groups -OCH3 is 1. The van der Waals surface area contributed by atoms with Gasteiger partial charge in [0, 0.05) is 19.6 Å². The lowest BCUT2D eigenvalue weighted by molar-refractivity contribution is 0.0198. The van der Waals surface area contributed by atoms with Crippen LogP contribution in [0.4, 0.5) is 0 Å². The summed E-state index contributed by atoms with van der Waals surface area (Å²) in [6.07, 6.45) is 0.991. The maximum Gasteiger partial charge on any atom is 0.118 e. The molecule has 0 saturated carbocycles. The smallest absolute Gasteiger partial charge is 0.118 e. The number of benzene rings is 1. The van der Waals surface area contributed by atoms with E-state index in [0.717, 1.165) is 45.0 Å². The minimum Gasteiger partial charge on any atom is -0.497 e. The Labute approximate surface area is 121 Å². The molecule has 0 aliphatic carbocycles. The molecule has 1 heterocycles. The zero-order valence-corrected chi connectivity index (χ0v) is 12.6. The van der Waals surface area contributed by atoms with Crippen LogP contribution in [0.25, 0.3) is 0 Å². The van der Waals surface area contributed by atoms with E-state index in [4.69, 9.17) is 15.2 Å². The second-order valence-corrected chi connectivity index (χ2v) is 5.93. The van der Waals surface area contributed by atoms with Crippen molar-refractivity contribution in [2.45, 2.75) is 13.3 Å². The molecule has 0 amide bonds. The lowest BCUT2D eigenvalue weighted by atomic mass is 9.83. The summed E-state index contributed by atoms with van der Waals surface area (Å²) in [5.41, 5.74) is 7.46. The van der Waals surface area contributed by atoms with Crippen molar-refractivity contribution in [2.75, 3.05) is 46.5 Å². The van der Waals surface area contributed by atoms with Crippen LogP contribution in [-0.2, 0) is 11.2 Å². The van der Waals surface area contributed by atoms with Gasteiger partial charge >= 0.3 is 0 Å². The average molecular weight is 278 g/mol. The molecule has 4 nitrogen and oxygen atoms in total. The van der Waals surface area contributed by atoms with Crippen molar-refractivity contribution in [3.8, 4) is 5.75 Å². The van der Waals surface area contributed by atoms with Gasteiger partial charge in [-0.3, -0.25) is 4.90 Å². The zero-order valence-electron chi connectivity index (χ0n) is 12.6. The minimum atomic E-state index is 0.103. The predicted molar refractivity (Wildman–Crippen MR) is 81.1 cm³/mol. The van der Waals surface area contributed by atoms with Crippen molar-refractivity contribution in [3.63, 3.8) is 0 Å². The van der Waals surface area contributed by atoms with E-state index in [9.17, 15) is 0 Å². The van der Waals surface area contributed by atoms with E-state index >= 15 is 0 Å². The van der Waals surface area contributed by atoms with Gasteiger partial charge in [0.05, 0.1) is 20.3 Å². The molecule has 20 heavy (non-hydrogen) atoms. The minimum absolute atomic E-state index is 0.103. The second-order valence-electron chi connectivity index (χ2n) is 5.93. The van der Waals surface area contributed by atoms with Gasteiger partial charge in [-0.25, -0.2) is 0 Å². The highest BCUT2D eigenvalue weighted by Crippen LogP contribution is 2.24. The third kappa shape index (κ3) is 4.20. The van der Waals surface area contributed by atoms with Crippen LogP contribution in [0, 0.1) is 5.41 Å². The van der Waals surface area contributed by atoms with E-state index in [0.29, 0.717) is 6.54 Å². The van der Waals surface area contributed by atoms with Gasteiger partial charge in [0.15, 0.2) is 0 Å². The molecule has 2 rings (SSSR count). The molecule has 1 unspecified atom stereocenters. The lowest BCUT2D eigenvalue weighted by Gasteiger charge is -2.36. The van der Waals surface area contributed by atoms with E-state index in [1.165, 1.54) is 5.56 Å². The highest BCUT2D eigenvalue weighted by Gasteiger charge is 2.27. The summed E-state index contributed by atoms with van der Waals surface area (Å²) in [6, 6.07) is 8.29. The van der Waals surface area contributed by atoms with Gasteiger partial charge in [0.1, 0.15) is 5.75 Å². The van der Waals surface area contributed by atoms with E-state index in [1.54, 1.807) is 7.11 Å². The fourth-order valence-electron chi connectivity index (χ4n) is 2.73. The van der Waals surface area contributed by atoms with Crippen LogP contribution in [0.2, 0.25) is 0 Å². The Morgan fingerprint density at radius 2 is 1.90 bits per heavy atom. The van der Waals surface area contributed by atoms with Crippen LogP contribution in [0.5, 0.6) is 5.75 Å². The first-order valence-electron chi connectivity index (χ1n) is 7.28. The summed E-state index contributed by atoms with van der Waals surface area (Å²) in [6.45, 7) is 7.69. The van der Waals surface area contributed by atoms with Crippen molar-refractivity contribution in [2.24, 2.45) is 11.1 Å². The Morgan fingerprint density at radius 1 is 1.25 bits per heavy atom. The molecule has 2 N–H and O–H groups in total. The Bertz CT molecular complexity index is 401. The molecule has 1 aromatic carbocycles. The molecule has 1 fully saturated rings. The predicted octanol–water partition coefficient (Wildman–Crippen LogP) is 1.53. The number of hydrogen-bond donors (Lipinski definition) is 1. The number of hydrogen-bond acceptors (Lipinski definition) is 4. The maximum atomic E-state index is 6.05. The van der Waals surface area contributed by atoms with Gasteiger partial charge in [0.25, 0.3) is 0 Å². The highest BCUT2D eigenvalue weighted by molar-refractivity contribution is 5.27. The maximum absolute atomic E-state index is 6.05.